The van der Waals surface area contributed by atoms with E-state index in [1.807, 2.05) is 0 Å². The molecule has 4 atom stereocenters. The van der Waals surface area contributed by atoms with E-state index in [-0.39, 0.29) is 6.10 Å². The Morgan fingerprint density at radius 2 is 1.88 bits per heavy atom. The van der Waals surface area contributed by atoms with Crippen LogP contribution in [0, 0.1) is 17.8 Å². The van der Waals surface area contributed by atoms with E-state index in [0.717, 1.165) is 24.2 Å². The molecule has 3 rings (SSSR count). The van der Waals surface area contributed by atoms with Crippen molar-refractivity contribution in [1.29, 1.82) is 0 Å². The Morgan fingerprint density at radius 1 is 1.12 bits per heavy atom. The molecule has 1 heterocycles. The Balaban J connectivity index is 0.000000127. The fourth-order valence-corrected chi connectivity index (χ4v) is 3.63. The Hall–Kier alpha value is -0.0800. The highest BCUT2D eigenvalue weighted by Crippen LogP contribution is 2.46. The molecule has 2 saturated carbocycles. The number of piperidine rings is 1. The molecule has 0 aromatic heterocycles. The van der Waals surface area contributed by atoms with Crippen LogP contribution in [-0.2, 0) is 0 Å². The lowest BCUT2D eigenvalue weighted by molar-refractivity contribution is 0.0673. The molecule has 0 bridgehead atoms. The van der Waals surface area contributed by atoms with Crippen LogP contribution in [0.2, 0.25) is 0 Å². The van der Waals surface area contributed by atoms with Crippen molar-refractivity contribution in [3.8, 4) is 0 Å². The standard InChI is InChI=1S/C8H17N.C7H12O/c1-3-9-6-4-5-8(2)7-9;8-7-4-2-5-1-3-6(5)7/h8H,3-7H2,1-2H3;5-8H,1-4H2/t8-;5-,6?,7?/m11/s1. The molecular weight excluding hydrogens is 210 g/mol. The van der Waals surface area contributed by atoms with E-state index in [1.165, 1.54) is 51.7 Å². The van der Waals surface area contributed by atoms with Gasteiger partial charge in [-0.3, -0.25) is 0 Å². The van der Waals surface area contributed by atoms with Crippen LogP contribution in [0.15, 0.2) is 0 Å². The van der Waals surface area contributed by atoms with Gasteiger partial charge in [0.1, 0.15) is 0 Å². The molecule has 100 valence electrons. The molecule has 0 radical (unpaired) electrons. The minimum atomic E-state index is 0.0775. The molecule has 2 nitrogen and oxygen atoms in total. The maximum absolute atomic E-state index is 9.22. The highest BCUT2D eigenvalue weighted by Gasteiger charge is 2.40. The fourth-order valence-electron chi connectivity index (χ4n) is 3.63. The summed E-state index contributed by atoms with van der Waals surface area (Å²) in [7, 11) is 0. The molecule has 2 unspecified atom stereocenters. The summed E-state index contributed by atoms with van der Waals surface area (Å²) in [5.41, 5.74) is 0. The zero-order valence-electron chi connectivity index (χ0n) is 11.6. The number of aliphatic hydroxyl groups is 1. The van der Waals surface area contributed by atoms with E-state index in [1.54, 1.807) is 0 Å². The van der Waals surface area contributed by atoms with Gasteiger partial charge in [0.15, 0.2) is 0 Å². The number of hydrogen-bond acceptors (Lipinski definition) is 2. The maximum Gasteiger partial charge on any atom is 0.0571 e. The second-order valence-electron chi connectivity index (χ2n) is 6.29. The van der Waals surface area contributed by atoms with E-state index in [2.05, 4.69) is 18.7 Å². The molecular formula is C15H29NO. The second-order valence-corrected chi connectivity index (χ2v) is 6.29. The average Bonchev–Trinajstić information content (AvgIpc) is 2.52. The quantitative estimate of drug-likeness (QED) is 0.760. The summed E-state index contributed by atoms with van der Waals surface area (Å²) in [6.45, 7) is 8.50. The summed E-state index contributed by atoms with van der Waals surface area (Å²) in [6, 6.07) is 0. The molecule has 0 aromatic rings. The van der Waals surface area contributed by atoms with Crippen molar-refractivity contribution in [2.75, 3.05) is 19.6 Å². The van der Waals surface area contributed by atoms with Gasteiger partial charge in [-0.15, -0.1) is 0 Å². The van der Waals surface area contributed by atoms with Crippen LogP contribution in [-0.4, -0.2) is 35.7 Å². The van der Waals surface area contributed by atoms with E-state index in [9.17, 15) is 5.11 Å². The van der Waals surface area contributed by atoms with Crippen molar-refractivity contribution >= 4 is 0 Å². The minimum absolute atomic E-state index is 0.0775. The molecule has 17 heavy (non-hydrogen) atoms. The third kappa shape index (κ3) is 3.45. The van der Waals surface area contributed by atoms with Crippen molar-refractivity contribution in [3.63, 3.8) is 0 Å². The number of aliphatic hydroxyl groups excluding tert-OH is 1. The largest absolute Gasteiger partial charge is 0.393 e. The predicted molar refractivity (Wildman–Crippen MR) is 72.0 cm³/mol. The van der Waals surface area contributed by atoms with Crippen LogP contribution >= 0.6 is 0 Å². The lowest BCUT2D eigenvalue weighted by atomic mass is 9.76. The molecule has 1 N–H and O–H groups in total. The van der Waals surface area contributed by atoms with Gasteiger partial charge >= 0.3 is 0 Å². The first-order valence-electron chi connectivity index (χ1n) is 7.61. The van der Waals surface area contributed by atoms with Gasteiger partial charge in [-0.25, -0.2) is 0 Å². The van der Waals surface area contributed by atoms with E-state index in [0.29, 0.717) is 0 Å². The lowest BCUT2D eigenvalue weighted by Gasteiger charge is -2.31. The number of likely N-dealkylation sites (tertiary alicyclic amines) is 1. The third-order valence-electron chi connectivity index (χ3n) is 4.99. The van der Waals surface area contributed by atoms with Crippen molar-refractivity contribution in [2.24, 2.45) is 17.8 Å². The normalized spacial score (nSPS) is 41.1. The molecule has 3 aliphatic rings. The Kier molecular flexibility index (Phi) is 4.87. The van der Waals surface area contributed by atoms with Gasteiger partial charge in [-0.05, 0) is 69.4 Å². The number of fused-ring (bicyclic) bond motifs is 1. The van der Waals surface area contributed by atoms with Crippen molar-refractivity contribution in [1.82, 2.24) is 4.90 Å². The van der Waals surface area contributed by atoms with Crippen LogP contribution in [0.1, 0.15) is 52.4 Å². The summed E-state index contributed by atoms with van der Waals surface area (Å²) < 4.78 is 0. The SMILES string of the molecule is CCN1CCC[C@@H](C)C1.OC1CC[C@H]2CCC12. The molecule has 0 aromatic carbocycles. The fraction of sp³-hybridized carbons (Fsp3) is 1.00. The van der Waals surface area contributed by atoms with Crippen LogP contribution in [0.5, 0.6) is 0 Å². The smallest absolute Gasteiger partial charge is 0.0571 e. The summed E-state index contributed by atoms with van der Waals surface area (Å²) in [5.74, 6) is 2.58. The van der Waals surface area contributed by atoms with Crippen LogP contribution in [0.3, 0.4) is 0 Å². The van der Waals surface area contributed by atoms with Crippen molar-refractivity contribution in [2.45, 2.75) is 58.5 Å². The molecule has 1 aliphatic heterocycles. The summed E-state index contributed by atoms with van der Waals surface area (Å²) in [6.07, 6.45) is 7.99. The maximum atomic E-state index is 9.22. The van der Waals surface area contributed by atoms with Crippen molar-refractivity contribution in [3.05, 3.63) is 0 Å². The summed E-state index contributed by atoms with van der Waals surface area (Å²) in [5, 5.41) is 9.22. The summed E-state index contributed by atoms with van der Waals surface area (Å²) in [4.78, 5) is 2.54. The highest BCUT2D eigenvalue weighted by molar-refractivity contribution is 4.91. The predicted octanol–water partition coefficient (Wildman–Crippen LogP) is 2.91. The van der Waals surface area contributed by atoms with Crippen LogP contribution in [0.4, 0.5) is 0 Å². The van der Waals surface area contributed by atoms with Crippen LogP contribution < -0.4 is 0 Å². The Labute approximate surface area is 106 Å². The third-order valence-corrected chi connectivity index (χ3v) is 4.99. The first-order chi connectivity index (χ1) is 8.20. The van der Waals surface area contributed by atoms with E-state index in [4.69, 9.17) is 0 Å². The average molecular weight is 239 g/mol. The zero-order valence-corrected chi connectivity index (χ0v) is 11.6. The molecule has 0 spiro atoms. The van der Waals surface area contributed by atoms with E-state index < -0.39 is 0 Å². The number of rotatable bonds is 1. The van der Waals surface area contributed by atoms with Gasteiger partial charge in [0.2, 0.25) is 0 Å². The number of hydrogen-bond donors (Lipinski definition) is 1. The van der Waals surface area contributed by atoms with Gasteiger partial charge in [0, 0.05) is 6.54 Å². The van der Waals surface area contributed by atoms with E-state index >= 15 is 0 Å². The Morgan fingerprint density at radius 3 is 2.24 bits per heavy atom. The molecule has 2 aliphatic carbocycles. The molecule has 3 fully saturated rings. The Bertz CT molecular complexity index is 225. The van der Waals surface area contributed by atoms with Crippen LogP contribution in [0.25, 0.3) is 0 Å². The number of nitrogens with zero attached hydrogens (tertiary/aromatic N) is 1. The second kappa shape index (κ2) is 6.19. The lowest BCUT2D eigenvalue weighted by Crippen LogP contribution is -2.33. The van der Waals surface area contributed by atoms with Gasteiger partial charge in [-0.2, -0.15) is 0 Å². The van der Waals surface area contributed by atoms with Crippen molar-refractivity contribution < 1.29 is 5.11 Å². The van der Waals surface area contributed by atoms with Gasteiger partial charge < -0.3 is 10.0 Å². The first kappa shape index (κ1) is 13.4. The van der Waals surface area contributed by atoms with Gasteiger partial charge in [-0.1, -0.05) is 13.8 Å². The molecule has 0 amide bonds. The highest BCUT2D eigenvalue weighted by atomic mass is 16.3. The first-order valence-corrected chi connectivity index (χ1v) is 7.61. The zero-order chi connectivity index (χ0) is 12.3. The minimum Gasteiger partial charge on any atom is -0.393 e. The topological polar surface area (TPSA) is 23.5 Å². The van der Waals surface area contributed by atoms with Gasteiger partial charge in [0.25, 0.3) is 0 Å². The monoisotopic (exact) mass is 239 g/mol. The molecule has 2 heteroatoms. The van der Waals surface area contributed by atoms with Gasteiger partial charge in [0.05, 0.1) is 6.10 Å². The molecule has 1 saturated heterocycles. The summed E-state index contributed by atoms with van der Waals surface area (Å²) >= 11 is 0.